The monoisotopic (exact) mass is 545 g/mol. The van der Waals surface area contributed by atoms with Crippen LogP contribution in [0.5, 0.6) is 0 Å². The molecular formula is C28H24BrN3O2S. The quantitative estimate of drug-likeness (QED) is 0.299. The maximum atomic E-state index is 13.5. The van der Waals surface area contributed by atoms with Crippen molar-refractivity contribution in [3.05, 3.63) is 111 Å². The van der Waals surface area contributed by atoms with Crippen LogP contribution in [0.25, 0.3) is 0 Å². The predicted molar refractivity (Wildman–Crippen MR) is 147 cm³/mol. The van der Waals surface area contributed by atoms with Crippen molar-refractivity contribution in [3.63, 3.8) is 0 Å². The number of hydrogen-bond acceptors (Lipinski definition) is 4. The molecule has 1 aromatic heterocycles. The highest BCUT2D eigenvalue weighted by molar-refractivity contribution is 9.10. The van der Waals surface area contributed by atoms with Crippen molar-refractivity contribution >= 4 is 55.5 Å². The number of thiophene rings is 1. The molecular weight excluding hydrogens is 522 g/mol. The van der Waals surface area contributed by atoms with Gasteiger partial charge in [0, 0.05) is 35.4 Å². The number of rotatable bonds is 5. The van der Waals surface area contributed by atoms with Crippen LogP contribution in [0.3, 0.4) is 0 Å². The number of carbonyl (C=O) groups excluding carboxylic acids is 2. The van der Waals surface area contributed by atoms with Gasteiger partial charge in [0.2, 0.25) is 0 Å². The molecule has 0 spiro atoms. The van der Waals surface area contributed by atoms with Gasteiger partial charge in [0.05, 0.1) is 11.3 Å². The van der Waals surface area contributed by atoms with Crippen LogP contribution in [0.2, 0.25) is 0 Å². The maximum absolute atomic E-state index is 13.5. The predicted octanol–water partition coefficient (Wildman–Crippen LogP) is 6.82. The molecule has 2 amide bonds. The lowest BCUT2D eigenvalue weighted by molar-refractivity contribution is 0.0986. The van der Waals surface area contributed by atoms with Gasteiger partial charge in [-0.25, -0.2) is 0 Å². The van der Waals surface area contributed by atoms with Crippen LogP contribution in [-0.2, 0) is 6.54 Å². The number of nitrogens with zero attached hydrogens (tertiary/aromatic N) is 2. The van der Waals surface area contributed by atoms with E-state index in [1.54, 1.807) is 41.7 Å². The summed E-state index contributed by atoms with van der Waals surface area (Å²) in [6, 6.07) is 26.8. The van der Waals surface area contributed by atoms with Crippen LogP contribution in [-0.4, -0.2) is 24.9 Å². The number of carbonyl (C=O) groups is 2. The van der Waals surface area contributed by atoms with Crippen LogP contribution in [0.4, 0.5) is 16.4 Å². The van der Waals surface area contributed by atoms with Gasteiger partial charge in [-0.2, -0.15) is 0 Å². The normalized spacial score (nSPS) is 13.2. The molecule has 0 atom stereocenters. The minimum absolute atomic E-state index is 0.0325. The van der Waals surface area contributed by atoms with E-state index in [9.17, 15) is 9.59 Å². The van der Waals surface area contributed by atoms with E-state index >= 15 is 0 Å². The fourth-order valence-electron chi connectivity index (χ4n) is 4.24. The Morgan fingerprint density at radius 2 is 1.63 bits per heavy atom. The molecule has 5 nitrogen and oxygen atoms in total. The van der Waals surface area contributed by atoms with Gasteiger partial charge in [-0.3, -0.25) is 9.59 Å². The minimum atomic E-state index is -0.203. The topological polar surface area (TPSA) is 52.7 Å². The average Bonchev–Trinajstić information content (AvgIpc) is 3.30. The largest absolute Gasteiger partial charge is 0.357 e. The summed E-state index contributed by atoms with van der Waals surface area (Å²) in [7, 11) is 0. The Kier molecular flexibility index (Phi) is 6.97. The molecule has 1 aliphatic rings. The average molecular weight is 546 g/mol. The maximum Gasteiger partial charge on any atom is 0.258 e. The smallest absolute Gasteiger partial charge is 0.258 e. The molecule has 7 heteroatoms. The Labute approximate surface area is 217 Å². The van der Waals surface area contributed by atoms with Crippen LogP contribution < -0.4 is 15.1 Å². The van der Waals surface area contributed by atoms with Crippen molar-refractivity contribution in [3.8, 4) is 0 Å². The summed E-state index contributed by atoms with van der Waals surface area (Å²) in [5.41, 5.74) is 4.01. The molecule has 0 bridgehead atoms. The second-order valence-electron chi connectivity index (χ2n) is 8.34. The molecule has 5 rings (SSSR count). The summed E-state index contributed by atoms with van der Waals surface area (Å²) in [6.07, 6.45) is 0.889. The highest BCUT2D eigenvalue weighted by atomic mass is 79.9. The van der Waals surface area contributed by atoms with E-state index in [0.29, 0.717) is 23.4 Å². The van der Waals surface area contributed by atoms with E-state index < -0.39 is 0 Å². The molecule has 2 heterocycles. The summed E-state index contributed by atoms with van der Waals surface area (Å²) in [4.78, 5) is 30.3. The van der Waals surface area contributed by atoms with E-state index in [4.69, 9.17) is 0 Å². The van der Waals surface area contributed by atoms with Crippen molar-refractivity contribution in [2.75, 3.05) is 28.2 Å². The summed E-state index contributed by atoms with van der Waals surface area (Å²) >= 11 is 5.08. The summed E-state index contributed by atoms with van der Waals surface area (Å²) in [5.74, 6) is -0.236. The zero-order chi connectivity index (χ0) is 24.2. The standard InChI is InChI=1S/C28H24BrN3O2S/c29-24-10-5-4-9-23(24)26(33)30-22-13-11-21(12-14-22)27(34)32-17-6-16-31(28-25(32)15-18-35-28)19-20-7-2-1-3-8-20/h1-5,7-15,18H,6,16-17,19H2,(H,30,33). The number of benzene rings is 3. The second kappa shape index (κ2) is 10.5. The molecule has 1 N–H and O–H groups in total. The first-order valence-corrected chi connectivity index (χ1v) is 13.1. The SMILES string of the molecule is O=C(Nc1ccc(C(=O)N2CCCN(Cc3ccccc3)c3sccc32)cc1)c1ccccc1Br. The van der Waals surface area contributed by atoms with Gasteiger partial charge in [0.1, 0.15) is 5.00 Å². The molecule has 3 aromatic carbocycles. The van der Waals surface area contributed by atoms with Gasteiger partial charge in [0.15, 0.2) is 0 Å². The van der Waals surface area contributed by atoms with Gasteiger partial charge in [0.25, 0.3) is 11.8 Å². The fourth-order valence-corrected chi connectivity index (χ4v) is 5.63. The van der Waals surface area contributed by atoms with Gasteiger partial charge >= 0.3 is 0 Å². The van der Waals surface area contributed by atoms with Crippen LogP contribution in [0, 0.1) is 0 Å². The Morgan fingerprint density at radius 3 is 2.40 bits per heavy atom. The Morgan fingerprint density at radius 1 is 0.886 bits per heavy atom. The number of hydrogen-bond donors (Lipinski definition) is 1. The summed E-state index contributed by atoms with van der Waals surface area (Å²) < 4.78 is 0.735. The van der Waals surface area contributed by atoms with Gasteiger partial charge in [-0.1, -0.05) is 42.5 Å². The van der Waals surface area contributed by atoms with Crippen molar-refractivity contribution in [2.24, 2.45) is 0 Å². The fraction of sp³-hybridized carbons (Fsp3) is 0.143. The first kappa shape index (κ1) is 23.3. The molecule has 0 radical (unpaired) electrons. The highest BCUT2D eigenvalue weighted by Crippen LogP contribution is 2.39. The highest BCUT2D eigenvalue weighted by Gasteiger charge is 2.27. The molecule has 0 fully saturated rings. The van der Waals surface area contributed by atoms with Gasteiger partial charge in [-0.15, -0.1) is 11.3 Å². The molecule has 176 valence electrons. The molecule has 0 aliphatic carbocycles. The van der Waals surface area contributed by atoms with Crippen LogP contribution in [0.1, 0.15) is 32.7 Å². The van der Waals surface area contributed by atoms with E-state index in [1.165, 1.54) is 5.56 Å². The Bertz CT molecular complexity index is 1340. The lowest BCUT2D eigenvalue weighted by atomic mass is 10.1. The van der Waals surface area contributed by atoms with Crippen molar-refractivity contribution in [1.29, 1.82) is 0 Å². The zero-order valence-corrected chi connectivity index (χ0v) is 21.4. The lowest BCUT2D eigenvalue weighted by Crippen LogP contribution is -2.31. The Balaban J connectivity index is 1.31. The zero-order valence-electron chi connectivity index (χ0n) is 19.0. The third-order valence-corrected chi connectivity index (χ3v) is 7.64. The first-order valence-electron chi connectivity index (χ1n) is 11.4. The minimum Gasteiger partial charge on any atom is -0.357 e. The van der Waals surface area contributed by atoms with E-state index in [2.05, 4.69) is 55.8 Å². The van der Waals surface area contributed by atoms with Crippen molar-refractivity contribution in [2.45, 2.75) is 13.0 Å². The number of amides is 2. The summed E-state index contributed by atoms with van der Waals surface area (Å²) in [6.45, 7) is 2.38. The van der Waals surface area contributed by atoms with Gasteiger partial charge < -0.3 is 15.1 Å². The summed E-state index contributed by atoms with van der Waals surface area (Å²) in [5, 5.41) is 6.07. The molecule has 4 aromatic rings. The third-order valence-electron chi connectivity index (χ3n) is 5.98. The molecule has 35 heavy (non-hydrogen) atoms. The van der Waals surface area contributed by atoms with Crippen molar-refractivity contribution < 1.29 is 9.59 Å². The lowest BCUT2D eigenvalue weighted by Gasteiger charge is -2.24. The van der Waals surface area contributed by atoms with Crippen LogP contribution >= 0.6 is 27.3 Å². The number of anilines is 3. The first-order chi connectivity index (χ1) is 17.1. The van der Waals surface area contributed by atoms with E-state index in [1.807, 2.05) is 35.2 Å². The molecule has 0 unspecified atom stereocenters. The van der Waals surface area contributed by atoms with Crippen molar-refractivity contribution in [1.82, 2.24) is 0 Å². The molecule has 1 aliphatic heterocycles. The molecule has 0 saturated carbocycles. The molecule has 0 saturated heterocycles. The van der Waals surface area contributed by atoms with E-state index in [0.717, 1.165) is 34.7 Å². The van der Waals surface area contributed by atoms with Gasteiger partial charge in [-0.05, 0) is 75.8 Å². The second-order valence-corrected chi connectivity index (χ2v) is 10.1. The van der Waals surface area contributed by atoms with E-state index in [-0.39, 0.29) is 11.8 Å². The number of halogens is 1. The van der Waals surface area contributed by atoms with Crippen LogP contribution in [0.15, 0.2) is 94.8 Å². The number of nitrogens with one attached hydrogen (secondary N) is 1. The third kappa shape index (κ3) is 5.16. The Hall–Kier alpha value is -3.42. The number of fused-ring (bicyclic) bond motifs is 1.